The zero-order valence-corrected chi connectivity index (χ0v) is 9.64. The van der Waals surface area contributed by atoms with E-state index in [9.17, 15) is 14.4 Å². The van der Waals surface area contributed by atoms with Gasteiger partial charge in [0.25, 0.3) is 0 Å². The molecule has 1 atom stereocenters. The topological polar surface area (TPSA) is 77.9 Å². The standard InChI is InChI=1S/C10H16N2O4/c1-6(2)11-4-8(13)12(5-9(14)15)7(3)10(11)16/h6-7H,4-5H2,1-3H3,(H,14,15). The van der Waals surface area contributed by atoms with Crippen LogP contribution < -0.4 is 0 Å². The molecule has 6 heteroatoms. The largest absolute Gasteiger partial charge is 0.480 e. The van der Waals surface area contributed by atoms with Crippen LogP contribution >= 0.6 is 0 Å². The van der Waals surface area contributed by atoms with E-state index < -0.39 is 18.6 Å². The molecule has 0 bridgehead atoms. The lowest BCUT2D eigenvalue weighted by Crippen LogP contribution is -2.61. The number of carboxylic acid groups (broad SMARTS) is 1. The lowest BCUT2D eigenvalue weighted by molar-refractivity contribution is -0.160. The van der Waals surface area contributed by atoms with Gasteiger partial charge in [0.2, 0.25) is 11.8 Å². The van der Waals surface area contributed by atoms with Gasteiger partial charge in [0, 0.05) is 6.04 Å². The number of piperazine rings is 1. The van der Waals surface area contributed by atoms with Crippen molar-refractivity contribution in [2.75, 3.05) is 13.1 Å². The van der Waals surface area contributed by atoms with Crippen molar-refractivity contribution < 1.29 is 19.5 Å². The van der Waals surface area contributed by atoms with Crippen LogP contribution in [0.2, 0.25) is 0 Å². The third kappa shape index (κ3) is 2.32. The number of nitrogens with zero attached hydrogens (tertiary/aromatic N) is 2. The molecule has 0 saturated carbocycles. The second-order valence-corrected chi connectivity index (χ2v) is 4.15. The van der Waals surface area contributed by atoms with Gasteiger partial charge >= 0.3 is 5.97 Å². The second-order valence-electron chi connectivity index (χ2n) is 4.15. The molecule has 0 aliphatic carbocycles. The lowest BCUT2D eigenvalue weighted by atomic mass is 10.1. The Balaban J connectivity index is 2.84. The Kier molecular flexibility index (Phi) is 3.51. The Morgan fingerprint density at radius 3 is 2.50 bits per heavy atom. The smallest absolute Gasteiger partial charge is 0.323 e. The second kappa shape index (κ2) is 4.51. The van der Waals surface area contributed by atoms with Crippen molar-refractivity contribution in [3.05, 3.63) is 0 Å². The maximum Gasteiger partial charge on any atom is 0.323 e. The normalized spacial score (nSPS) is 21.9. The predicted octanol–water partition coefficient (Wildman–Crippen LogP) is -0.461. The minimum absolute atomic E-state index is 0.0336. The molecular formula is C10H16N2O4. The van der Waals surface area contributed by atoms with Gasteiger partial charge < -0.3 is 14.9 Å². The Morgan fingerprint density at radius 1 is 1.50 bits per heavy atom. The number of hydrogen-bond donors (Lipinski definition) is 1. The molecule has 1 aliphatic heterocycles. The van der Waals surface area contributed by atoms with Gasteiger partial charge in [-0.1, -0.05) is 0 Å². The minimum atomic E-state index is -1.11. The first-order valence-electron chi connectivity index (χ1n) is 5.16. The summed E-state index contributed by atoms with van der Waals surface area (Å²) in [4.78, 5) is 36.6. The summed E-state index contributed by atoms with van der Waals surface area (Å²) in [7, 11) is 0. The molecule has 90 valence electrons. The van der Waals surface area contributed by atoms with Gasteiger partial charge in [0.1, 0.15) is 19.1 Å². The van der Waals surface area contributed by atoms with Crippen molar-refractivity contribution in [1.82, 2.24) is 9.80 Å². The number of hydrogen-bond acceptors (Lipinski definition) is 3. The van der Waals surface area contributed by atoms with Crippen LogP contribution in [0.3, 0.4) is 0 Å². The summed E-state index contributed by atoms with van der Waals surface area (Å²) in [6.07, 6.45) is 0. The molecule has 1 saturated heterocycles. The maximum absolute atomic E-state index is 11.8. The van der Waals surface area contributed by atoms with Crippen molar-refractivity contribution in [2.45, 2.75) is 32.9 Å². The van der Waals surface area contributed by atoms with E-state index in [0.29, 0.717) is 0 Å². The van der Waals surface area contributed by atoms with Crippen molar-refractivity contribution in [3.8, 4) is 0 Å². The highest BCUT2D eigenvalue weighted by Gasteiger charge is 2.38. The first-order chi connectivity index (χ1) is 7.34. The van der Waals surface area contributed by atoms with Gasteiger partial charge in [-0.05, 0) is 20.8 Å². The zero-order chi connectivity index (χ0) is 12.5. The number of rotatable bonds is 3. The number of amides is 2. The first-order valence-corrected chi connectivity index (χ1v) is 5.16. The van der Waals surface area contributed by atoms with Crippen molar-refractivity contribution in [1.29, 1.82) is 0 Å². The molecular weight excluding hydrogens is 212 g/mol. The zero-order valence-electron chi connectivity index (χ0n) is 9.64. The van der Waals surface area contributed by atoms with Crippen LogP contribution in [0, 0.1) is 0 Å². The summed E-state index contributed by atoms with van der Waals surface area (Å²) in [6, 6.07) is -0.745. The monoisotopic (exact) mass is 228 g/mol. The van der Waals surface area contributed by atoms with Gasteiger partial charge in [-0.25, -0.2) is 0 Å². The van der Waals surface area contributed by atoms with Crippen LogP contribution in [-0.4, -0.2) is 57.9 Å². The Bertz CT molecular complexity index is 327. The van der Waals surface area contributed by atoms with E-state index >= 15 is 0 Å². The van der Waals surface area contributed by atoms with E-state index in [1.165, 1.54) is 4.90 Å². The SMILES string of the molecule is CC(C)N1CC(=O)N(CC(=O)O)C(C)C1=O. The fourth-order valence-electron chi connectivity index (χ4n) is 1.71. The fraction of sp³-hybridized carbons (Fsp3) is 0.700. The number of aliphatic carboxylic acids is 1. The molecule has 0 aromatic heterocycles. The Hall–Kier alpha value is -1.59. The molecule has 1 heterocycles. The molecule has 0 aromatic carbocycles. The fourth-order valence-corrected chi connectivity index (χ4v) is 1.71. The van der Waals surface area contributed by atoms with E-state index in [0.717, 1.165) is 4.90 Å². The average molecular weight is 228 g/mol. The van der Waals surface area contributed by atoms with Crippen molar-refractivity contribution in [2.24, 2.45) is 0 Å². The van der Waals surface area contributed by atoms with Crippen LogP contribution in [0.4, 0.5) is 0 Å². The van der Waals surface area contributed by atoms with Crippen molar-refractivity contribution >= 4 is 17.8 Å². The van der Waals surface area contributed by atoms with Gasteiger partial charge in [0.15, 0.2) is 0 Å². The third-order valence-electron chi connectivity index (χ3n) is 2.66. The van der Waals surface area contributed by atoms with Gasteiger partial charge in [0.05, 0.1) is 0 Å². The molecule has 2 amide bonds. The van der Waals surface area contributed by atoms with Gasteiger partial charge in [-0.2, -0.15) is 0 Å². The van der Waals surface area contributed by atoms with Gasteiger partial charge in [-0.15, -0.1) is 0 Å². The molecule has 1 aliphatic rings. The molecule has 0 aromatic rings. The first kappa shape index (κ1) is 12.5. The molecule has 1 unspecified atom stereocenters. The third-order valence-corrected chi connectivity index (χ3v) is 2.66. The summed E-state index contributed by atoms with van der Waals surface area (Å²) in [5, 5.41) is 8.64. The summed E-state index contributed by atoms with van der Waals surface area (Å²) in [5.41, 5.74) is 0. The molecule has 0 spiro atoms. The number of carbonyl (C=O) groups excluding carboxylic acids is 2. The van der Waals surface area contributed by atoms with E-state index in [4.69, 9.17) is 5.11 Å². The lowest BCUT2D eigenvalue weighted by Gasteiger charge is -2.39. The van der Waals surface area contributed by atoms with Crippen LogP contribution in [0.5, 0.6) is 0 Å². The number of carboxylic acids is 1. The predicted molar refractivity (Wildman–Crippen MR) is 55.7 cm³/mol. The van der Waals surface area contributed by atoms with Crippen LogP contribution in [0.25, 0.3) is 0 Å². The molecule has 16 heavy (non-hydrogen) atoms. The Labute approximate surface area is 93.8 Å². The molecule has 1 N–H and O–H groups in total. The van der Waals surface area contributed by atoms with Crippen LogP contribution in [-0.2, 0) is 14.4 Å². The minimum Gasteiger partial charge on any atom is -0.480 e. The molecule has 1 rings (SSSR count). The van der Waals surface area contributed by atoms with Crippen LogP contribution in [0.15, 0.2) is 0 Å². The highest BCUT2D eigenvalue weighted by Crippen LogP contribution is 2.14. The summed E-state index contributed by atoms with van der Waals surface area (Å²) in [6.45, 7) is 4.75. The average Bonchev–Trinajstić information content (AvgIpc) is 2.17. The van der Waals surface area contributed by atoms with E-state index in [1.807, 2.05) is 13.8 Å². The maximum atomic E-state index is 11.8. The Morgan fingerprint density at radius 2 is 2.06 bits per heavy atom. The number of carbonyl (C=O) groups is 3. The highest BCUT2D eigenvalue weighted by atomic mass is 16.4. The van der Waals surface area contributed by atoms with Gasteiger partial charge in [-0.3, -0.25) is 14.4 Å². The van der Waals surface area contributed by atoms with E-state index in [-0.39, 0.29) is 24.4 Å². The molecule has 1 fully saturated rings. The molecule has 6 nitrogen and oxygen atoms in total. The summed E-state index contributed by atoms with van der Waals surface area (Å²) >= 11 is 0. The summed E-state index contributed by atoms with van der Waals surface area (Å²) in [5.74, 6) is -1.62. The molecule has 0 radical (unpaired) electrons. The highest BCUT2D eigenvalue weighted by molar-refractivity contribution is 5.96. The van der Waals surface area contributed by atoms with E-state index in [2.05, 4.69) is 0 Å². The van der Waals surface area contributed by atoms with Crippen LogP contribution in [0.1, 0.15) is 20.8 Å². The summed E-state index contributed by atoms with van der Waals surface area (Å²) < 4.78 is 0. The van der Waals surface area contributed by atoms with E-state index in [1.54, 1.807) is 6.92 Å². The quantitative estimate of drug-likeness (QED) is 0.709. The van der Waals surface area contributed by atoms with Crippen molar-refractivity contribution in [3.63, 3.8) is 0 Å².